The fraction of sp³-hybridized carbons (Fsp3) is 0.438. The predicted molar refractivity (Wildman–Crippen MR) is 89.1 cm³/mol. The van der Waals surface area contributed by atoms with Crippen molar-refractivity contribution in [2.45, 2.75) is 37.7 Å². The van der Waals surface area contributed by atoms with E-state index in [0.29, 0.717) is 11.4 Å². The number of thioether (sulfide) groups is 1. The molecule has 21 heavy (non-hydrogen) atoms. The molecular weight excluding hydrogens is 304 g/mol. The first-order chi connectivity index (χ1) is 10.1. The average Bonchev–Trinajstić information content (AvgIpc) is 2.75. The molecule has 0 aliphatic rings. The Balaban J connectivity index is 2.14. The zero-order valence-electron chi connectivity index (χ0n) is 12.6. The SMILES string of the molecule is CCSc1ccc(C(O)Cc2c(Cl)c(CC)nn2C)cc1. The van der Waals surface area contributed by atoms with Gasteiger partial charge in [-0.2, -0.15) is 5.10 Å². The van der Waals surface area contributed by atoms with E-state index in [9.17, 15) is 5.11 Å². The molecule has 5 heteroatoms. The molecule has 1 aromatic heterocycles. The lowest BCUT2D eigenvalue weighted by Crippen LogP contribution is -2.06. The highest BCUT2D eigenvalue weighted by Gasteiger charge is 2.17. The van der Waals surface area contributed by atoms with Crippen molar-refractivity contribution < 1.29 is 5.11 Å². The monoisotopic (exact) mass is 324 g/mol. The van der Waals surface area contributed by atoms with Crippen LogP contribution < -0.4 is 0 Å². The highest BCUT2D eigenvalue weighted by atomic mass is 35.5. The maximum Gasteiger partial charge on any atom is 0.0850 e. The second-order valence-electron chi connectivity index (χ2n) is 4.91. The Kier molecular flexibility index (Phi) is 5.73. The van der Waals surface area contributed by atoms with Crippen LogP contribution in [0.25, 0.3) is 0 Å². The third-order valence-electron chi connectivity index (χ3n) is 3.47. The lowest BCUT2D eigenvalue weighted by molar-refractivity contribution is 0.176. The van der Waals surface area contributed by atoms with Gasteiger partial charge in [-0.15, -0.1) is 11.8 Å². The van der Waals surface area contributed by atoms with Gasteiger partial charge in [-0.05, 0) is 29.9 Å². The van der Waals surface area contributed by atoms with Crippen molar-refractivity contribution in [3.63, 3.8) is 0 Å². The van der Waals surface area contributed by atoms with Crippen LogP contribution in [-0.2, 0) is 19.9 Å². The molecular formula is C16H21ClN2OS. The van der Waals surface area contributed by atoms with Crippen molar-refractivity contribution in [1.29, 1.82) is 0 Å². The second-order valence-corrected chi connectivity index (χ2v) is 6.62. The lowest BCUT2D eigenvalue weighted by atomic mass is 10.0. The first-order valence-corrected chi connectivity index (χ1v) is 8.54. The molecule has 0 spiro atoms. The first kappa shape index (κ1) is 16.4. The van der Waals surface area contributed by atoms with Gasteiger partial charge in [-0.3, -0.25) is 4.68 Å². The molecule has 1 atom stereocenters. The summed E-state index contributed by atoms with van der Waals surface area (Å²) < 4.78 is 1.77. The Morgan fingerprint density at radius 3 is 2.48 bits per heavy atom. The summed E-state index contributed by atoms with van der Waals surface area (Å²) in [7, 11) is 1.87. The molecule has 1 unspecified atom stereocenters. The van der Waals surface area contributed by atoms with Crippen LogP contribution in [0.4, 0.5) is 0 Å². The van der Waals surface area contributed by atoms with Crippen LogP contribution >= 0.6 is 23.4 Å². The predicted octanol–water partition coefficient (Wildman–Crippen LogP) is 4.02. The molecule has 2 rings (SSSR count). The quantitative estimate of drug-likeness (QED) is 0.815. The van der Waals surface area contributed by atoms with Gasteiger partial charge in [-0.25, -0.2) is 0 Å². The topological polar surface area (TPSA) is 38.1 Å². The largest absolute Gasteiger partial charge is 0.388 e. The van der Waals surface area contributed by atoms with E-state index in [1.807, 2.05) is 26.1 Å². The van der Waals surface area contributed by atoms with Crippen molar-refractivity contribution in [2.24, 2.45) is 7.05 Å². The molecule has 3 nitrogen and oxygen atoms in total. The van der Waals surface area contributed by atoms with Crippen LogP contribution in [0.3, 0.4) is 0 Å². The van der Waals surface area contributed by atoms with E-state index in [-0.39, 0.29) is 0 Å². The zero-order valence-corrected chi connectivity index (χ0v) is 14.2. The number of nitrogens with zero attached hydrogens (tertiary/aromatic N) is 2. The smallest absolute Gasteiger partial charge is 0.0850 e. The molecule has 1 aromatic carbocycles. The minimum absolute atomic E-state index is 0.475. The zero-order chi connectivity index (χ0) is 15.4. The van der Waals surface area contributed by atoms with Crippen LogP contribution in [0, 0.1) is 0 Å². The number of halogens is 1. The van der Waals surface area contributed by atoms with Gasteiger partial charge in [0.25, 0.3) is 0 Å². The fourth-order valence-electron chi connectivity index (χ4n) is 2.30. The minimum Gasteiger partial charge on any atom is -0.388 e. The highest BCUT2D eigenvalue weighted by molar-refractivity contribution is 7.99. The van der Waals surface area contributed by atoms with Gasteiger partial charge in [0, 0.05) is 18.4 Å². The normalized spacial score (nSPS) is 12.6. The van der Waals surface area contributed by atoms with Crippen molar-refractivity contribution in [2.75, 3.05) is 5.75 Å². The molecule has 114 valence electrons. The third kappa shape index (κ3) is 3.82. The number of aryl methyl sites for hydroxylation is 2. The first-order valence-electron chi connectivity index (χ1n) is 7.17. The number of benzene rings is 1. The molecule has 2 aromatic rings. The van der Waals surface area contributed by atoms with E-state index in [2.05, 4.69) is 24.2 Å². The van der Waals surface area contributed by atoms with Crippen molar-refractivity contribution >= 4 is 23.4 Å². The van der Waals surface area contributed by atoms with Crippen LogP contribution in [0.2, 0.25) is 5.02 Å². The summed E-state index contributed by atoms with van der Waals surface area (Å²) in [5.74, 6) is 1.05. The summed E-state index contributed by atoms with van der Waals surface area (Å²) in [6.45, 7) is 4.15. The molecule has 0 aliphatic carbocycles. The minimum atomic E-state index is -0.566. The summed E-state index contributed by atoms with van der Waals surface area (Å²) in [5.41, 5.74) is 2.68. The van der Waals surface area contributed by atoms with E-state index in [1.54, 1.807) is 16.4 Å². The molecule has 0 saturated carbocycles. The average molecular weight is 325 g/mol. The summed E-state index contributed by atoms with van der Waals surface area (Å²) in [6, 6.07) is 8.06. The van der Waals surface area contributed by atoms with Crippen molar-refractivity contribution in [3.8, 4) is 0 Å². The number of rotatable bonds is 6. The molecule has 1 N–H and O–H groups in total. The van der Waals surface area contributed by atoms with Gasteiger partial charge in [-0.1, -0.05) is 37.6 Å². The van der Waals surface area contributed by atoms with E-state index < -0.39 is 6.10 Å². The summed E-state index contributed by atoms with van der Waals surface area (Å²) in [5, 5.41) is 15.5. The molecule has 0 amide bonds. The lowest BCUT2D eigenvalue weighted by Gasteiger charge is -2.12. The van der Waals surface area contributed by atoms with E-state index in [4.69, 9.17) is 11.6 Å². The Hall–Kier alpha value is -0.970. The Bertz CT molecular complexity index is 595. The maximum absolute atomic E-state index is 10.4. The summed E-state index contributed by atoms with van der Waals surface area (Å²) in [4.78, 5) is 1.22. The molecule has 0 aliphatic heterocycles. The molecule has 0 bridgehead atoms. The van der Waals surface area contributed by atoms with E-state index in [0.717, 1.165) is 29.1 Å². The molecule has 0 saturated heterocycles. The highest BCUT2D eigenvalue weighted by Crippen LogP contribution is 2.27. The maximum atomic E-state index is 10.4. The standard InChI is InChI=1S/C16H21ClN2OS/c1-4-13-16(17)14(19(3)18-13)10-15(20)11-6-8-12(9-7-11)21-5-2/h6-9,15,20H,4-5,10H2,1-3H3. The van der Waals surface area contributed by atoms with Gasteiger partial charge in [0.2, 0.25) is 0 Å². The second kappa shape index (κ2) is 7.34. The van der Waals surface area contributed by atoms with E-state index >= 15 is 0 Å². The van der Waals surface area contributed by atoms with E-state index in [1.165, 1.54) is 4.90 Å². The Morgan fingerprint density at radius 1 is 1.29 bits per heavy atom. The van der Waals surface area contributed by atoms with Gasteiger partial charge < -0.3 is 5.11 Å². The number of hydrogen-bond acceptors (Lipinski definition) is 3. The summed E-state index contributed by atoms with van der Waals surface area (Å²) in [6.07, 6.45) is 0.706. The van der Waals surface area contributed by atoms with Gasteiger partial charge >= 0.3 is 0 Å². The summed E-state index contributed by atoms with van der Waals surface area (Å²) >= 11 is 8.12. The van der Waals surface area contributed by atoms with Gasteiger partial charge in [0.05, 0.1) is 22.5 Å². The number of aromatic nitrogens is 2. The number of hydrogen-bond donors (Lipinski definition) is 1. The van der Waals surface area contributed by atoms with Gasteiger partial charge in [0.1, 0.15) is 0 Å². The molecule has 0 radical (unpaired) electrons. The van der Waals surface area contributed by atoms with Crippen LogP contribution in [0.15, 0.2) is 29.2 Å². The van der Waals surface area contributed by atoms with Crippen molar-refractivity contribution in [3.05, 3.63) is 46.2 Å². The Labute approximate surface area is 135 Å². The van der Waals surface area contributed by atoms with Crippen LogP contribution in [0.5, 0.6) is 0 Å². The van der Waals surface area contributed by atoms with Crippen molar-refractivity contribution in [1.82, 2.24) is 9.78 Å². The Morgan fingerprint density at radius 2 is 1.95 bits per heavy atom. The van der Waals surface area contributed by atoms with Gasteiger partial charge in [0.15, 0.2) is 0 Å². The third-order valence-corrected chi connectivity index (χ3v) is 4.80. The molecule has 1 heterocycles. The number of aliphatic hydroxyl groups excluding tert-OH is 1. The van der Waals surface area contributed by atoms with Crippen LogP contribution in [-0.4, -0.2) is 20.6 Å². The molecule has 0 fully saturated rings. The van der Waals surface area contributed by atoms with Crippen LogP contribution in [0.1, 0.15) is 36.9 Å². The fourth-order valence-corrected chi connectivity index (χ4v) is 3.33. The number of aliphatic hydroxyl groups is 1.